The van der Waals surface area contributed by atoms with Crippen molar-refractivity contribution in [3.05, 3.63) is 5.28 Å². The zero-order valence-electron chi connectivity index (χ0n) is 11.1. The highest BCUT2D eigenvalue weighted by molar-refractivity contribution is 6.28. The van der Waals surface area contributed by atoms with Gasteiger partial charge in [-0.1, -0.05) is 0 Å². The lowest BCUT2D eigenvalue weighted by molar-refractivity contribution is -0.127. The van der Waals surface area contributed by atoms with Gasteiger partial charge in [-0.25, -0.2) is 0 Å². The van der Waals surface area contributed by atoms with E-state index >= 15 is 0 Å². The molecule has 0 spiro atoms. The summed E-state index contributed by atoms with van der Waals surface area (Å²) in [6, 6.07) is 0. The third-order valence-electron chi connectivity index (χ3n) is 2.89. The fourth-order valence-electron chi connectivity index (χ4n) is 1.88. The first-order valence-corrected chi connectivity index (χ1v) is 6.62. The number of hydrogen-bond acceptors (Lipinski definition) is 6. The first-order valence-electron chi connectivity index (χ1n) is 6.24. The summed E-state index contributed by atoms with van der Waals surface area (Å²) in [6.07, 6.45) is 0.877. The van der Waals surface area contributed by atoms with Gasteiger partial charge in [0, 0.05) is 26.7 Å². The minimum Gasteiger partial charge on any atom is -0.354 e. The van der Waals surface area contributed by atoms with Crippen molar-refractivity contribution >= 4 is 29.4 Å². The SMILES string of the molecule is CCNc1nc(Cl)nc(N2CCCN(C)C(=O)C2)n1. The highest BCUT2D eigenvalue weighted by Gasteiger charge is 2.21. The molecule has 1 aliphatic rings. The average Bonchev–Trinajstić information content (AvgIpc) is 2.52. The van der Waals surface area contributed by atoms with E-state index in [1.165, 1.54) is 0 Å². The maximum absolute atomic E-state index is 11.9. The van der Waals surface area contributed by atoms with Crippen LogP contribution in [0.15, 0.2) is 0 Å². The minimum atomic E-state index is 0.0547. The van der Waals surface area contributed by atoms with Gasteiger partial charge < -0.3 is 15.1 Å². The predicted octanol–water partition coefficient (Wildman–Crippen LogP) is 0.625. The summed E-state index contributed by atoms with van der Waals surface area (Å²) >= 11 is 5.89. The van der Waals surface area contributed by atoms with E-state index in [9.17, 15) is 4.79 Å². The van der Waals surface area contributed by atoms with Gasteiger partial charge in [-0.2, -0.15) is 15.0 Å². The first-order chi connectivity index (χ1) is 9.10. The number of carbonyl (C=O) groups excluding carboxylic acids is 1. The van der Waals surface area contributed by atoms with E-state index in [4.69, 9.17) is 11.6 Å². The molecule has 0 aliphatic carbocycles. The fourth-order valence-corrected chi connectivity index (χ4v) is 2.03. The van der Waals surface area contributed by atoms with E-state index in [0.717, 1.165) is 19.5 Å². The third-order valence-corrected chi connectivity index (χ3v) is 3.06. The number of hydrogen-bond donors (Lipinski definition) is 1. The summed E-state index contributed by atoms with van der Waals surface area (Å²) < 4.78 is 0. The van der Waals surface area contributed by atoms with Crippen LogP contribution >= 0.6 is 11.6 Å². The molecule has 0 aromatic carbocycles. The number of carbonyl (C=O) groups is 1. The molecule has 7 nitrogen and oxygen atoms in total. The Morgan fingerprint density at radius 1 is 1.32 bits per heavy atom. The van der Waals surface area contributed by atoms with Gasteiger partial charge in [-0.05, 0) is 24.9 Å². The molecule has 0 bridgehead atoms. The summed E-state index contributed by atoms with van der Waals surface area (Å²) in [5.74, 6) is 0.932. The average molecular weight is 285 g/mol. The van der Waals surface area contributed by atoms with Crippen LogP contribution in [0.5, 0.6) is 0 Å². The van der Waals surface area contributed by atoms with E-state index in [2.05, 4.69) is 20.3 Å². The third kappa shape index (κ3) is 3.44. The lowest BCUT2D eigenvalue weighted by Crippen LogP contribution is -2.35. The van der Waals surface area contributed by atoms with Crippen molar-refractivity contribution in [2.75, 3.05) is 43.4 Å². The van der Waals surface area contributed by atoms with Gasteiger partial charge in [0.1, 0.15) is 0 Å². The summed E-state index contributed by atoms with van der Waals surface area (Å²) in [5.41, 5.74) is 0. The lowest BCUT2D eigenvalue weighted by Gasteiger charge is -2.19. The lowest BCUT2D eigenvalue weighted by atomic mass is 10.4. The Kier molecular flexibility index (Phi) is 4.36. The molecule has 1 aliphatic heterocycles. The molecule has 0 saturated carbocycles. The normalized spacial score (nSPS) is 16.5. The molecule has 0 radical (unpaired) electrons. The van der Waals surface area contributed by atoms with E-state index < -0.39 is 0 Å². The minimum absolute atomic E-state index is 0.0547. The number of likely N-dealkylation sites (N-methyl/N-ethyl adjacent to an activating group) is 1. The molecule has 0 atom stereocenters. The quantitative estimate of drug-likeness (QED) is 0.877. The molecule has 1 saturated heterocycles. The topological polar surface area (TPSA) is 74.2 Å². The molecule has 1 aromatic rings. The Morgan fingerprint density at radius 2 is 2.11 bits per heavy atom. The Bertz CT molecular complexity index is 468. The van der Waals surface area contributed by atoms with Crippen molar-refractivity contribution in [2.24, 2.45) is 0 Å². The van der Waals surface area contributed by atoms with Crippen molar-refractivity contribution in [3.63, 3.8) is 0 Å². The number of aromatic nitrogens is 3. The van der Waals surface area contributed by atoms with E-state index in [1.54, 1.807) is 11.9 Å². The number of anilines is 2. The highest BCUT2D eigenvalue weighted by Crippen LogP contribution is 2.15. The second-order valence-electron chi connectivity index (χ2n) is 4.35. The van der Waals surface area contributed by atoms with Crippen LogP contribution in [0.1, 0.15) is 13.3 Å². The van der Waals surface area contributed by atoms with Gasteiger partial charge in [0.15, 0.2) is 0 Å². The summed E-state index contributed by atoms with van der Waals surface area (Å²) in [4.78, 5) is 27.8. The van der Waals surface area contributed by atoms with Crippen LogP contribution in [-0.2, 0) is 4.79 Å². The largest absolute Gasteiger partial charge is 0.354 e. The van der Waals surface area contributed by atoms with Gasteiger partial charge in [0.25, 0.3) is 0 Å². The molecule has 104 valence electrons. The van der Waals surface area contributed by atoms with E-state index in [-0.39, 0.29) is 17.7 Å². The molecule has 8 heteroatoms. The van der Waals surface area contributed by atoms with Crippen LogP contribution in [0.2, 0.25) is 5.28 Å². The van der Waals surface area contributed by atoms with Gasteiger partial charge in [0.05, 0.1) is 6.54 Å². The van der Waals surface area contributed by atoms with Crippen LogP contribution in [0.4, 0.5) is 11.9 Å². The second-order valence-corrected chi connectivity index (χ2v) is 4.69. The summed E-state index contributed by atoms with van der Waals surface area (Å²) in [5, 5.41) is 3.13. The number of nitrogens with one attached hydrogen (secondary N) is 1. The van der Waals surface area contributed by atoms with Crippen molar-refractivity contribution in [2.45, 2.75) is 13.3 Å². The van der Waals surface area contributed by atoms with Gasteiger partial charge in [-0.3, -0.25) is 4.79 Å². The molecule has 1 aromatic heterocycles. The van der Waals surface area contributed by atoms with E-state index in [0.29, 0.717) is 18.4 Å². The zero-order chi connectivity index (χ0) is 13.8. The second kappa shape index (κ2) is 6.01. The highest BCUT2D eigenvalue weighted by atomic mass is 35.5. The Labute approximate surface area is 117 Å². The zero-order valence-corrected chi connectivity index (χ0v) is 11.8. The molecule has 1 fully saturated rings. The Hall–Kier alpha value is -1.63. The molecule has 0 unspecified atom stereocenters. The Balaban J connectivity index is 2.22. The van der Waals surface area contributed by atoms with Gasteiger partial charge >= 0.3 is 0 Å². The predicted molar refractivity (Wildman–Crippen MR) is 73.5 cm³/mol. The molecular weight excluding hydrogens is 268 g/mol. The number of nitrogens with zero attached hydrogens (tertiary/aromatic N) is 5. The molecule has 1 amide bonds. The molecule has 19 heavy (non-hydrogen) atoms. The van der Waals surface area contributed by atoms with Crippen molar-refractivity contribution in [1.82, 2.24) is 19.9 Å². The number of halogens is 1. The van der Waals surface area contributed by atoms with Crippen LogP contribution in [0, 0.1) is 0 Å². The first kappa shape index (κ1) is 13.8. The summed E-state index contributed by atoms with van der Waals surface area (Å²) in [7, 11) is 1.80. The van der Waals surface area contributed by atoms with Crippen LogP contribution < -0.4 is 10.2 Å². The van der Waals surface area contributed by atoms with Crippen LogP contribution in [-0.4, -0.2) is 59.0 Å². The molecule has 2 rings (SSSR count). The standard InChI is InChI=1S/C11H17ClN6O/c1-3-13-10-14-9(12)15-11(16-10)18-6-4-5-17(2)8(19)7-18/h3-7H2,1-2H3,(H,13,14,15,16). The maximum atomic E-state index is 11.9. The molecule has 1 N–H and O–H groups in total. The van der Waals surface area contributed by atoms with E-state index in [1.807, 2.05) is 11.8 Å². The smallest absolute Gasteiger partial charge is 0.241 e. The van der Waals surface area contributed by atoms with Crippen molar-refractivity contribution < 1.29 is 4.79 Å². The van der Waals surface area contributed by atoms with Crippen LogP contribution in [0.25, 0.3) is 0 Å². The van der Waals surface area contributed by atoms with Crippen molar-refractivity contribution in [1.29, 1.82) is 0 Å². The maximum Gasteiger partial charge on any atom is 0.241 e. The molecular formula is C11H17ClN6O. The monoisotopic (exact) mass is 284 g/mol. The Morgan fingerprint density at radius 3 is 2.84 bits per heavy atom. The number of rotatable bonds is 3. The number of amides is 1. The molecule has 2 heterocycles. The van der Waals surface area contributed by atoms with Crippen LogP contribution in [0.3, 0.4) is 0 Å². The van der Waals surface area contributed by atoms with Gasteiger partial charge in [0.2, 0.25) is 23.1 Å². The summed E-state index contributed by atoms with van der Waals surface area (Å²) in [6.45, 7) is 4.38. The fraction of sp³-hybridized carbons (Fsp3) is 0.636. The van der Waals surface area contributed by atoms with Crippen molar-refractivity contribution in [3.8, 4) is 0 Å². The van der Waals surface area contributed by atoms with Gasteiger partial charge in [-0.15, -0.1) is 0 Å².